The molecule has 0 spiro atoms. The molecule has 1 aromatic rings. The van der Waals surface area contributed by atoms with Crippen molar-refractivity contribution in [2.75, 3.05) is 19.3 Å². The summed E-state index contributed by atoms with van der Waals surface area (Å²) in [4.78, 5) is 2.25. The van der Waals surface area contributed by atoms with Crippen LogP contribution in [0.1, 0.15) is 18.4 Å². The predicted molar refractivity (Wildman–Crippen MR) is 65.8 cm³/mol. The molecule has 3 heteroatoms. The number of rotatable bonds is 6. The van der Waals surface area contributed by atoms with Crippen LogP contribution in [0.5, 0.6) is 0 Å². The van der Waals surface area contributed by atoms with Crippen LogP contribution in [0.3, 0.4) is 0 Å². The van der Waals surface area contributed by atoms with Crippen molar-refractivity contribution < 1.29 is 4.39 Å². The van der Waals surface area contributed by atoms with Crippen molar-refractivity contribution in [2.45, 2.75) is 19.4 Å². The number of hydrogen-bond acceptors (Lipinski definition) is 2. The molecule has 0 radical (unpaired) electrons. The summed E-state index contributed by atoms with van der Waals surface area (Å²) >= 11 is 4.17. The van der Waals surface area contributed by atoms with Gasteiger partial charge in [-0.1, -0.05) is 12.1 Å². The van der Waals surface area contributed by atoms with Crippen molar-refractivity contribution >= 4 is 12.6 Å². The first-order valence-corrected chi connectivity index (χ1v) is 5.89. The van der Waals surface area contributed by atoms with E-state index in [9.17, 15) is 4.39 Å². The Morgan fingerprint density at radius 1 is 1.20 bits per heavy atom. The van der Waals surface area contributed by atoms with Crippen LogP contribution in [-0.2, 0) is 6.54 Å². The third kappa shape index (κ3) is 5.19. The van der Waals surface area contributed by atoms with Gasteiger partial charge in [-0.05, 0) is 49.9 Å². The van der Waals surface area contributed by atoms with Gasteiger partial charge >= 0.3 is 0 Å². The van der Waals surface area contributed by atoms with E-state index in [0.29, 0.717) is 0 Å². The summed E-state index contributed by atoms with van der Waals surface area (Å²) in [5.74, 6) is 0.779. The molecule has 0 amide bonds. The number of unbranched alkanes of at least 4 members (excludes halogenated alkanes) is 1. The summed E-state index contributed by atoms with van der Waals surface area (Å²) in [5.41, 5.74) is 1.16. The highest BCUT2D eigenvalue weighted by Gasteiger charge is 2.00. The number of halogens is 1. The second-order valence-corrected chi connectivity index (χ2v) is 4.24. The second kappa shape index (κ2) is 6.85. The molecule has 1 nitrogen and oxygen atoms in total. The first-order valence-electron chi connectivity index (χ1n) is 5.26. The fraction of sp³-hybridized carbons (Fsp3) is 0.500. The maximum absolute atomic E-state index is 12.7. The summed E-state index contributed by atoms with van der Waals surface area (Å²) < 4.78 is 12.7. The highest BCUT2D eigenvalue weighted by Crippen LogP contribution is 2.06. The summed E-state index contributed by atoms with van der Waals surface area (Å²) in [5, 5.41) is 0. The van der Waals surface area contributed by atoms with E-state index in [-0.39, 0.29) is 5.82 Å². The topological polar surface area (TPSA) is 3.24 Å². The first kappa shape index (κ1) is 12.5. The maximum Gasteiger partial charge on any atom is 0.123 e. The molecule has 84 valence electrons. The lowest BCUT2D eigenvalue weighted by Crippen LogP contribution is -2.19. The number of thiol groups is 1. The van der Waals surface area contributed by atoms with Gasteiger partial charge in [0.25, 0.3) is 0 Å². The van der Waals surface area contributed by atoms with Crippen LogP contribution in [0.25, 0.3) is 0 Å². The molecule has 0 saturated carbocycles. The van der Waals surface area contributed by atoms with E-state index >= 15 is 0 Å². The Morgan fingerprint density at radius 2 is 1.87 bits per heavy atom. The van der Waals surface area contributed by atoms with Crippen LogP contribution in [0.2, 0.25) is 0 Å². The van der Waals surface area contributed by atoms with Crippen LogP contribution >= 0.6 is 12.6 Å². The zero-order chi connectivity index (χ0) is 11.1. The van der Waals surface area contributed by atoms with E-state index in [1.165, 1.54) is 18.6 Å². The van der Waals surface area contributed by atoms with Gasteiger partial charge in [-0.3, -0.25) is 0 Å². The van der Waals surface area contributed by atoms with Gasteiger partial charge in [0.2, 0.25) is 0 Å². The maximum atomic E-state index is 12.7. The SMILES string of the molecule is CN(CCCCS)Cc1ccc(F)cc1. The molecule has 0 atom stereocenters. The lowest BCUT2D eigenvalue weighted by molar-refractivity contribution is 0.321. The third-order valence-electron chi connectivity index (χ3n) is 2.31. The van der Waals surface area contributed by atoms with Crippen LogP contribution in [-0.4, -0.2) is 24.2 Å². The van der Waals surface area contributed by atoms with Crippen molar-refractivity contribution in [2.24, 2.45) is 0 Å². The molecule has 0 fully saturated rings. The molecule has 0 N–H and O–H groups in total. The normalized spacial score (nSPS) is 10.9. The smallest absolute Gasteiger partial charge is 0.123 e. The molecule has 0 saturated heterocycles. The van der Waals surface area contributed by atoms with Crippen molar-refractivity contribution in [3.05, 3.63) is 35.6 Å². The lowest BCUT2D eigenvalue weighted by atomic mass is 10.2. The zero-order valence-corrected chi connectivity index (χ0v) is 10.0. The fourth-order valence-corrected chi connectivity index (χ4v) is 1.70. The van der Waals surface area contributed by atoms with Gasteiger partial charge in [-0.25, -0.2) is 4.39 Å². The molecule has 0 aliphatic rings. The second-order valence-electron chi connectivity index (χ2n) is 3.79. The Hall–Kier alpha value is -0.540. The molecule has 1 aromatic carbocycles. The van der Waals surface area contributed by atoms with Crippen molar-refractivity contribution in [3.63, 3.8) is 0 Å². The third-order valence-corrected chi connectivity index (χ3v) is 2.63. The van der Waals surface area contributed by atoms with Gasteiger partial charge in [0.15, 0.2) is 0 Å². The van der Waals surface area contributed by atoms with Crippen LogP contribution in [0.4, 0.5) is 4.39 Å². The average Bonchev–Trinajstić information content (AvgIpc) is 2.22. The summed E-state index contributed by atoms with van der Waals surface area (Å²) in [6, 6.07) is 6.70. The number of nitrogens with zero attached hydrogens (tertiary/aromatic N) is 1. The van der Waals surface area contributed by atoms with Crippen molar-refractivity contribution in [1.82, 2.24) is 4.90 Å². The summed E-state index contributed by atoms with van der Waals surface area (Å²) in [6.07, 6.45) is 2.32. The Labute approximate surface area is 96.7 Å². The van der Waals surface area contributed by atoms with Crippen LogP contribution in [0, 0.1) is 5.82 Å². The van der Waals surface area contributed by atoms with Gasteiger partial charge in [-0.2, -0.15) is 12.6 Å². The minimum Gasteiger partial charge on any atom is -0.302 e. The quantitative estimate of drug-likeness (QED) is 0.577. The highest BCUT2D eigenvalue weighted by atomic mass is 32.1. The van der Waals surface area contributed by atoms with Gasteiger partial charge in [0.1, 0.15) is 5.82 Å². The molecule has 0 aromatic heterocycles. The van der Waals surface area contributed by atoms with Gasteiger partial charge in [-0.15, -0.1) is 0 Å². The molecule has 0 aliphatic heterocycles. The van der Waals surface area contributed by atoms with Gasteiger partial charge in [0.05, 0.1) is 0 Å². The first-order chi connectivity index (χ1) is 7.22. The summed E-state index contributed by atoms with van der Waals surface area (Å²) in [6.45, 7) is 1.95. The van der Waals surface area contributed by atoms with Gasteiger partial charge in [0, 0.05) is 6.54 Å². The average molecular weight is 227 g/mol. The molecular formula is C12H18FNS. The van der Waals surface area contributed by atoms with Crippen molar-refractivity contribution in [3.8, 4) is 0 Å². The standard InChI is InChI=1S/C12H18FNS/c1-14(8-2-3-9-15)10-11-4-6-12(13)7-5-11/h4-7,15H,2-3,8-10H2,1H3. The number of hydrogen-bond donors (Lipinski definition) is 1. The van der Waals surface area contributed by atoms with E-state index in [0.717, 1.165) is 30.8 Å². The predicted octanol–water partition coefficient (Wildman–Crippen LogP) is 2.97. The van der Waals surface area contributed by atoms with E-state index in [2.05, 4.69) is 24.6 Å². The minimum absolute atomic E-state index is 0.170. The van der Waals surface area contributed by atoms with E-state index < -0.39 is 0 Å². The van der Waals surface area contributed by atoms with Crippen LogP contribution in [0.15, 0.2) is 24.3 Å². The summed E-state index contributed by atoms with van der Waals surface area (Å²) in [7, 11) is 2.09. The zero-order valence-electron chi connectivity index (χ0n) is 9.12. The Morgan fingerprint density at radius 3 is 2.47 bits per heavy atom. The Kier molecular flexibility index (Phi) is 5.73. The molecule has 1 rings (SSSR count). The molecule has 15 heavy (non-hydrogen) atoms. The number of benzene rings is 1. The molecule has 0 bridgehead atoms. The van der Waals surface area contributed by atoms with Crippen LogP contribution < -0.4 is 0 Å². The molecule has 0 heterocycles. The Balaban J connectivity index is 2.31. The van der Waals surface area contributed by atoms with E-state index in [1.54, 1.807) is 0 Å². The molecule has 0 unspecified atom stereocenters. The van der Waals surface area contributed by atoms with Gasteiger partial charge < -0.3 is 4.90 Å². The minimum atomic E-state index is -0.170. The fourth-order valence-electron chi connectivity index (χ4n) is 1.47. The highest BCUT2D eigenvalue weighted by molar-refractivity contribution is 7.80. The molecular weight excluding hydrogens is 209 g/mol. The monoisotopic (exact) mass is 227 g/mol. The lowest BCUT2D eigenvalue weighted by Gasteiger charge is -2.16. The molecule has 0 aliphatic carbocycles. The van der Waals surface area contributed by atoms with Crippen molar-refractivity contribution in [1.29, 1.82) is 0 Å². The van der Waals surface area contributed by atoms with E-state index in [1.807, 2.05) is 12.1 Å². The van der Waals surface area contributed by atoms with E-state index in [4.69, 9.17) is 0 Å². The Bertz CT molecular complexity index is 273. The largest absolute Gasteiger partial charge is 0.302 e.